The number of fused-ring (bicyclic) bond motifs is 2. The highest BCUT2D eigenvalue weighted by Crippen LogP contribution is 2.61. The van der Waals surface area contributed by atoms with Crippen molar-refractivity contribution in [2.45, 2.75) is 45.8 Å². The van der Waals surface area contributed by atoms with E-state index < -0.39 is 36.4 Å². The Hall–Kier alpha value is -1.93. The van der Waals surface area contributed by atoms with E-state index in [1.807, 2.05) is 20.8 Å². The quantitative estimate of drug-likeness (QED) is 0.482. The maximum Gasteiger partial charge on any atom is 0.383 e. The molecule has 24 heavy (non-hydrogen) atoms. The van der Waals surface area contributed by atoms with Crippen molar-refractivity contribution in [1.29, 1.82) is 0 Å². The number of ether oxygens (including phenoxy) is 1. The van der Waals surface area contributed by atoms with Crippen LogP contribution in [0.4, 0.5) is 0 Å². The van der Waals surface area contributed by atoms with Crippen LogP contribution in [-0.2, 0) is 28.7 Å². The maximum absolute atomic E-state index is 11.6. The summed E-state index contributed by atoms with van der Waals surface area (Å²) < 4.78 is 4.19. The van der Waals surface area contributed by atoms with Crippen LogP contribution in [0.2, 0.25) is 0 Å². The number of carbonyl (C=O) groups excluding carboxylic acids is 5. The van der Waals surface area contributed by atoms with Gasteiger partial charge in [0.25, 0.3) is 5.78 Å². The fraction of sp³-hybridized carbons (Fsp3) is 0.688. The van der Waals surface area contributed by atoms with Gasteiger partial charge in [-0.1, -0.05) is 20.8 Å². The zero-order chi connectivity index (χ0) is 18.4. The van der Waals surface area contributed by atoms with Gasteiger partial charge in [0, 0.05) is 11.3 Å². The molecule has 3 rings (SSSR count). The Morgan fingerprint density at radius 1 is 1.12 bits per heavy atom. The first-order chi connectivity index (χ1) is 11.0. The van der Waals surface area contributed by atoms with Crippen molar-refractivity contribution in [3.63, 3.8) is 0 Å². The predicted octanol–water partition coefficient (Wildman–Crippen LogP) is -1.02. The van der Waals surface area contributed by atoms with Crippen LogP contribution in [0.1, 0.15) is 33.6 Å². The van der Waals surface area contributed by atoms with Gasteiger partial charge < -0.3 is 14.9 Å². The molecule has 1 aliphatic heterocycles. The third-order valence-corrected chi connectivity index (χ3v) is 5.71. The fourth-order valence-corrected chi connectivity index (χ4v) is 3.60. The van der Waals surface area contributed by atoms with E-state index in [-0.39, 0.29) is 28.3 Å². The number of ketones is 4. The van der Waals surface area contributed by atoms with E-state index in [9.17, 15) is 24.0 Å². The van der Waals surface area contributed by atoms with Crippen LogP contribution in [0, 0.1) is 16.7 Å². The summed E-state index contributed by atoms with van der Waals surface area (Å²) in [5.74, 6) is -3.90. The molecule has 2 bridgehead atoms. The van der Waals surface area contributed by atoms with Gasteiger partial charge >= 0.3 is 11.8 Å². The predicted molar refractivity (Wildman–Crippen MR) is 77.6 cm³/mol. The molecule has 1 heterocycles. The summed E-state index contributed by atoms with van der Waals surface area (Å²) in [6.07, 6.45) is -1.24. The largest absolute Gasteiger partial charge is 0.445 e. The maximum atomic E-state index is 11.6. The first-order valence-corrected chi connectivity index (χ1v) is 7.65. The van der Waals surface area contributed by atoms with Crippen molar-refractivity contribution in [3.8, 4) is 0 Å². The van der Waals surface area contributed by atoms with Crippen LogP contribution >= 0.6 is 0 Å². The van der Waals surface area contributed by atoms with Crippen LogP contribution in [0.3, 0.4) is 0 Å². The minimum absolute atomic E-state index is 0.00926. The van der Waals surface area contributed by atoms with Crippen LogP contribution in [0.25, 0.3) is 0 Å². The molecule has 3 aliphatic rings. The fourth-order valence-electron chi connectivity index (χ4n) is 3.60. The normalized spacial score (nSPS) is 35.0. The smallest absolute Gasteiger partial charge is 0.383 e. The van der Waals surface area contributed by atoms with Crippen molar-refractivity contribution >= 4 is 29.1 Å². The highest BCUT2D eigenvalue weighted by molar-refractivity contribution is 6.65. The zero-order valence-corrected chi connectivity index (χ0v) is 13.7. The van der Waals surface area contributed by atoms with Gasteiger partial charge in [0.1, 0.15) is 6.10 Å². The molecule has 0 amide bonds. The molecule has 0 aromatic rings. The van der Waals surface area contributed by atoms with E-state index in [0.29, 0.717) is 0 Å². The Balaban J connectivity index is 0.000000174. The number of aliphatic hydroxyl groups is 2. The Bertz CT molecular complexity index is 634. The van der Waals surface area contributed by atoms with E-state index in [1.165, 1.54) is 0 Å². The number of Topliss-reactive ketones (excluding diaryl/α,β-unsaturated/α-hetero) is 4. The average molecular weight is 340 g/mol. The second-order valence-corrected chi connectivity index (χ2v) is 7.11. The Morgan fingerprint density at radius 2 is 1.71 bits per heavy atom. The number of aliphatic hydroxyl groups excluding tert-OH is 2. The third-order valence-electron chi connectivity index (χ3n) is 5.71. The molecule has 8 nitrogen and oxygen atoms in total. The van der Waals surface area contributed by atoms with E-state index in [0.717, 1.165) is 12.8 Å². The molecule has 2 N–H and O–H groups in total. The van der Waals surface area contributed by atoms with Crippen molar-refractivity contribution in [1.82, 2.24) is 0 Å². The number of esters is 1. The molecule has 8 heteroatoms. The molecule has 2 saturated carbocycles. The topological polar surface area (TPSA) is 135 Å². The lowest BCUT2D eigenvalue weighted by atomic mass is 9.70. The van der Waals surface area contributed by atoms with Crippen molar-refractivity contribution in [2.75, 3.05) is 6.61 Å². The second kappa shape index (κ2) is 5.86. The van der Waals surface area contributed by atoms with E-state index in [1.54, 1.807) is 0 Å². The zero-order valence-electron chi connectivity index (χ0n) is 13.7. The lowest BCUT2D eigenvalue weighted by Gasteiger charge is -2.31. The number of carbonyl (C=O) groups is 5. The molecular formula is C16H20O8. The Kier molecular flexibility index (Phi) is 4.49. The van der Waals surface area contributed by atoms with E-state index in [4.69, 9.17) is 10.2 Å². The van der Waals surface area contributed by atoms with Gasteiger partial charge in [-0.15, -0.1) is 0 Å². The lowest BCUT2D eigenvalue weighted by Crippen LogP contribution is -2.35. The van der Waals surface area contributed by atoms with Crippen molar-refractivity contribution < 1.29 is 38.9 Å². The average Bonchev–Trinajstić information content (AvgIpc) is 2.98. The molecule has 2 aliphatic carbocycles. The van der Waals surface area contributed by atoms with Crippen LogP contribution in [-0.4, -0.2) is 58.1 Å². The molecule has 2 unspecified atom stereocenters. The van der Waals surface area contributed by atoms with E-state index in [2.05, 4.69) is 4.74 Å². The van der Waals surface area contributed by atoms with E-state index >= 15 is 0 Å². The number of hydrogen-bond acceptors (Lipinski definition) is 8. The molecule has 0 aromatic carbocycles. The number of cyclic esters (lactones) is 1. The summed E-state index contributed by atoms with van der Waals surface area (Å²) in [7, 11) is 0. The van der Waals surface area contributed by atoms with Crippen LogP contribution in [0.5, 0.6) is 0 Å². The number of hydrogen-bond donors (Lipinski definition) is 2. The first kappa shape index (κ1) is 18.4. The molecule has 0 aromatic heterocycles. The van der Waals surface area contributed by atoms with Gasteiger partial charge in [0.05, 0.1) is 6.61 Å². The van der Waals surface area contributed by atoms with Gasteiger partial charge in [-0.3, -0.25) is 19.2 Å². The minimum atomic E-state index is -1.53. The molecule has 3 fully saturated rings. The molecule has 132 valence electrons. The highest BCUT2D eigenvalue weighted by atomic mass is 16.6. The van der Waals surface area contributed by atoms with Crippen molar-refractivity contribution in [2.24, 2.45) is 16.7 Å². The summed E-state index contributed by atoms with van der Waals surface area (Å²) >= 11 is 0. The Labute approximate surface area is 138 Å². The van der Waals surface area contributed by atoms with Crippen LogP contribution < -0.4 is 0 Å². The monoisotopic (exact) mass is 340 g/mol. The summed E-state index contributed by atoms with van der Waals surface area (Å²) in [4.78, 5) is 54.7. The second-order valence-electron chi connectivity index (χ2n) is 7.11. The Morgan fingerprint density at radius 3 is 2.00 bits per heavy atom. The summed E-state index contributed by atoms with van der Waals surface area (Å²) in [6.45, 7) is 5.30. The van der Waals surface area contributed by atoms with Gasteiger partial charge in [-0.05, 0) is 18.3 Å². The molecular weight excluding hydrogens is 320 g/mol. The van der Waals surface area contributed by atoms with Crippen molar-refractivity contribution in [3.05, 3.63) is 0 Å². The van der Waals surface area contributed by atoms with Gasteiger partial charge in [-0.2, -0.15) is 0 Å². The standard InChI is InChI=1S/C10H14O2.C6H6O6/c1-9(2)6-4-5-10(9,3)8(12)7(6)11;7-1-2(8)5-3(9)4(10)6(11)12-5/h6H,4-5H2,1-3H3;2,5,7-8H,1H2/t;2-,5+/m.0/s1. The van der Waals surface area contributed by atoms with Crippen LogP contribution in [0.15, 0.2) is 0 Å². The minimum Gasteiger partial charge on any atom is -0.445 e. The molecule has 1 saturated heterocycles. The summed E-state index contributed by atoms with van der Waals surface area (Å²) in [5, 5.41) is 17.2. The lowest BCUT2D eigenvalue weighted by molar-refractivity contribution is -0.152. The summed E-state index contributed by atoms with van der Waals surface area (Å²) in [6, 6.07) is 0. The van der Waals surface area contributed by atoms with Gasteiger partial charge in [0.2, 0.25) is 11.6 Å². The SMILES string of the molecule is CC12CCC(C(=O)C1=O)C2(C)C.O=C1O[C@H]([C@@H](O)CO)C(=O)C1=O. The molecule has 0 spiro atoms. The number of rotatable bonds is 2. The molecule has 0 radical (unpaired) electrons. The first-order valence-electron chi connectivity index (χ1n) is 7.65. The highest BCUT2D eigenvalue weighted by Gasteiger charge is 2.66. The summed E-state index contributed by atoms with van der Waals surface area (Å²) in [5.41, 5.74) is -0.448. The van der Waals surface area contributed by atoms with Gasteiger partial charge in [-0.25, -0.2) is 4.79 Å². The third kappa shape index (κ3) is 2.41. The van der Waals surface area contributed by atoms with Gasteiger partial charge in [0.15, 0.2) is 6.10 Å². The molecule has 4 atom stereocenters.